The van der Waals surface area contributed by atoms with Gasteiger partial charge < -0.3 is 5.32 Å². The van der Waals surface area contributed by atoms with Crippen LogP contribution in [0.15, 0.2) is 41.8 Å². The summed E-state index contributed by atoms with van der Waals surface area (Å²) in [7, 11) is -3.08. The van der Waals surface area contributed by atoms with Crippen molar-refractivity contribution >= 4 is 38.4 Å². The normalized spacial score (nSPS) is 11.5. The molecule has 0 bridgehead atoms. The summed E-state index contributed by atoms with van der Waals surface area (Å²) in [4.78, 5) is 18.9. The highest BCUT2D eigenvalue weighted by atomic mass is 32.2. The van der Waals surface area contributed by atoms with E-state index in [1.807, 2.05) is 24.4 Å². The van der Waals surface area contributed by atoms with Gasteiger partial charge in [-0.05, 0) is 36.8 Å². The Kier molecular flexibility index (Phi) is 5.55. The second-order valence-electron chi connectivity index (χ2n) is 5.97. The summed E-state index contributed by atoms with van der Waals surface area (Å²) in [5, 5.41) is 5.95. The first-order valence-corrected chi connectivity index (χ1v) is 11.6. The third-order valence-corrected chi connectivity index (χ3v) is 6.34. The zero-order chi connectivity index (χ0) is 18.7. The Morgan fingerprint density at radius 2 is 1.88 bits per heavy atom. The van der Waals surface area contributed by atoms with E-state index in [1.165, 1.54) is 6.26 Å². The largest absolute Gasteiger partial charge is 0.347 e. The van der Waals surface area contributed by atoms with E-state index in [4.69, 9.17) is 0 Å². The van der Waals surface area contributed by atoms with Gasteiger partial charge in [0.1, 0.15) is 0 Å². The molecule has 2 aromatic heterocycles. The van der Waals surface area contributed by atoms with Crippen LogP contribution in [0.2, 0.25) is 0 Å². The van der Waals surface area contributed by atoms with Crippen molar-refractivity contribution in [2.75, 3.05) is 6.26 Å². The van der Waals surface area contributed by atoms with Crippen molar-refractivity contribution in [2.45, 2.75) is 19.2 Å². The molecule has 0 unspecified atom stereocenters. The first-order valence-electron chi connectivity index (χ1n) is 7.86. The van der Waals surface area contributed by atoms with Crippen LogP contribution in [0.25, 0.3) is 10.6 Å². The van der Waals surface area contributed by atoms with Crippen LogP contribution >= 0.6 is 22.7 Å². The number of nitrogens with zero attached hydrogens (tertiary/aromatic N) is 1. The number of nitrogens with one attached hydrogen (secondary N) is 1. The Morgan fingerprint density at radius 3 is 2.50 bits per heavy atom. The molecule has 0 aliphatic rings. The SMILES string of the molecule is Cc1nc(-c2ccc(CNC(=O)c3ccc(CS(C)(=O)=O)cc3)s2)cs1. The van der Waals surface area contributed by atoms with Gasteiger partial charge in [-0.15, -0.1) is 22.7 Å². The predicted molar refractivity (Wildman–Crippen MR) is 106 cm³/mol. The van der Waals surface area contributed by atoms with Crippen LogP contribution in [0.5, 0.6) is 0 Å². The van der Waals surface area contributed by atoms with Crippen molar-refractivity contribution in [1.82, 2.24) is 10.3 Å². The van der Waals surface area contributed by atoms with Gasteiger partial charge in [0, 0.05) is 22.1 Å². The molecule has 0 saturated heterocycles. The van der Waals surface area contributed by atoms with E-state index >= 15 is 0 Å². The minimum Gasteiger partial charge on any atom is -0.347 e. The standard InChI is InChI=1S/C18H18N2O3S3/c1-12-20-16(10-24-12)17-8-7-15(25-17)9-19-18(21)14-5-3-13(4-6-14)11-26(2,22)23/h3-8,10H,9,11H2,1-2H3,(H,19,21). The molecule has 0 radical (unpaired) electrons. The molecule has 0 saturated carbocycles. The maximum absolute atomic E-state index is 12.3. The number of rotatable bonds is 6. The molecular weight excluding hydrogens is 388 g/mol. The maximum Gasteiger partial charge on any atom is 0.251 e. The molecule has 0 aliphatic carbocycles. The Labute approximate surface area is 160 Å². The highest BCUT2D eigenvalue weighted by Crippen LogP contribution is 2.28. The monoisotopic (exact) mass is 406 g/mol. The topological polar surface area (TPSA) is 76.1 Å². The zero-order valence-electron chi connectivity index (χ0n) is 14.4. The van der Waals surface area contributed by atoms with Crippen LogP contribution in [0.1, 0.15) is 25.8 Å². The molecule has 2 heterocycles. The third-order valence-electron chi connectivity index (χ3n) is 3.60. The van der Waals surface area contributed by atoms with E-state index in [0.29, 0.717) is 17.7 Å². The summed E-state index contributed by atoms with van der Waals surface area (Å²) < 4.78 is 22.6. The van der Waals surface area contributed by atoms with Crippen molar-refractivity contribution < 1.29 is 13.2 Å². The summed E-state index contributed by atoms with van der Waals surface area (Å²) in [6, 6.07) is 10.6. The second kappa shape index (κ2) is 7.69. The second-order valence-corrected chi connectivity index (χ2v) is 10.3. The number of thiophene rings is 1. The highest BCUT2D eigenvalue weighted by molar-refractivity contribution is 7.89. The number of hydrogen-bond donors (Lipinski definition) is 1. The van der Waals surface area contributed by atoms with E-state index in [1.54, 1.807) is 46.9 Å². The van der Waals surface area contributed by atoms with Crippen LogP contribution in [-0.4, -0.2) is 25.6 Å². The van der Waals surface area contributed by atoms with Crippen LogP contribution in [0, 0.1) is 6.92 Å². The van der Waals surface area contributed by atoms with E-state index < -0.39 is 9.84 Å². The molecule has 0 spiro atoms. The first-order chi connectivity index (χ1) is 12.3. The van der Waals surface area contributed by atoms with Crippen molar-refractivity contribution in [1.29, 1.82) is 0 Å². The van der Waals surface area contributed by atoms with Crippen molar-refractivity contribution in [3.05, 3.63) is 62.8 Å². The average Bonchev–Trinajstić information content (AvgIpc) is 3.20. The van der Waals surface area contributed by atoms with Gasteiger partial charge >= 0.3 is 0 Å². The number of aryl methyl sites for hydroxylation is 1. The number of carbonyl (C=O) groups excluding carboxylic acids is 1. The van der Waals surface area contributed by atoms with Crippen molar-refractivity contribution in [2.24, 2.45) is 0 Å². The summed E-state index contributed by atoms with van der Waals surface area (Å²) >= 11 is 3.22. The number of thiazole rings is 1. The number of carbonyl (C=O) groups is 1. The summed E-state index contributed by atoms with van der Waals surface area (Å²) in [5.74, 6) is -0.210. The lowest BCUT2D eigenvalue weighted by Gasteiger charge is -2.05. The molecule has 26 heavy (non-hydrogen) atoms. The van der Waals surface area contributed by atoms with Crippen LogP contribution < -0.4 is 5.32 Å². The number of amides is 1. The fraction of sp³-hybridized carbons (Fsp3) is 0.222. The van der Waals surface area contributed by atoms with E-state index in [0.717, 1.165) is 20.5 Å². The summed E-state index contributed by atoms with van der Waals surface area (Å²) in [6.45, 7) is 2.42. The number of benzene rings is 1. The van der Waals surface area contributed by atoms with Crippen LogP contribution in [0.4, 0.5) is 0 Å². The molecule has 3 rings (SSSR count). The lowest BCUT2D eigenvalue weighted by molar-refractivity contribution is 0.0951. The molecule has 8 heteroatoms. The molecular formula is C18H18N2O3S3. The van der Waals surface area contributed by atoms with Gasteiger partial charge in [0.2, 0.25) is 0 Å². The minimum absolute atomic E-state index is 0.0248. The Bertz CT molecular complexity index is 1020. The molecule has 136 valence electrons. The van der Waals surface area contributed by atoms with E-state index in [2.05, 4.69) is 10.3 Å². The maximum atomic E-state index is 12.3. The zero-order valence-corrected chi connectivity index (χ0v) is 16.8. The van der Waals surface area contributed by atoms with Gasteiger partial charge in [-0.1, -0.05) is 12.1 Å². The summed E-state index contributed by atoms with van der Waals surface area (Å²) in [6.07, 6.45) is 1.19. The highest BCUT2D eigenvalue weighted by Gasteiger charge is 2.10. The van der Waals surface area contributed by atoms with Gasteiger partial charge in [0.15, 0.2) is 9.84 Å². The molecule has 1 aromatic carbocycles. The van der Waals surface area contributed by atoms with Crippen LogP contribution in [-0.2, 0) is 22.1 Å². The van der Waals surface area contributed by atoms with E-state index in [9.17, 15) is 13.2 Å². The van der Waals surface area contributed by atoms with Crippen LogP contribution in [0.3, 0.4) is 0 Å². The Balaban J connectivity index is 1.59. The van der Waals surface area contributed by atoms with E-state index in [-0.39, 0.29) is 11.7 Å². The molecule has 1 amide bonds. The fourth-order valence-electron chi connectivity index (χ4n) is 2.41. The first kappa shape index (κ1) is 18.8. The molecule has 5 nitrogen and oxygen atoms in total. The van der Waals surface area contributed by atoms with Gasteiger partial charge in [0.25, 0.3) is 5.91 Å². The molecule has 1 N–H and O–H groups in total. The number of hydrogen-bond acceptors (Lipinski definition) is 6. The molecule has 0 fully saturated rings. The summed E-state index contributed by atoms with van der Waals surface area (Å²) in [5.41, 5.74) is 2.15. The van der Waals surface area contributed by atoms with Gasteiger partial charge in [-0.2, -0.15) is 0 Å². The van der Waals surface area contributed by atoms with Gasteiger partial charge in [0.05, 0.1) is 27.9 Å². The third kappa shape index (κ3) is 5.00. The smallest absolute Gasteiger partial charge is 0.251 e. The molecule has 0 atom stereocenters. The van der Waals surface area contributed by atoms with Gasteiger partial charge in [-0.3, -0.25) is 4.79 Å². The number of sulfone groups is 1. The lowest BCUT2D eigenvalue weighted by Crippen LogP contribution is -2.22. The average molecular weight is 407 g/mol. The van der Waals surface area contributed by atoms with Crippen molar-refractivity contribution in [3.8, 4) is 10.6 Å². The molecule has 0 aliphatic heterocycles. The molecule has 3 aromatic rings. The lowest BCUT2D eigenvalue weighted by atomic mass is 10.1. The quantitative estimate of drug-likeness (QED) is 0.678. The predicted octanol–water partition coefficient (Wildman–Crippen LogP) is 3.65. The van der Waals surface area contributed by atoms with Crippen molar-refractivity contribution in [3.63, 3.8) is 0 Å². The number of aromatic nitrogens is 1. The Morgan fingerprint density at radius 1 is 1.15 bits per heavy atom. The Hall–Kier alpha value is -2.03. The minimum atomic E-state index is -3.08. The van der Waals surface area contributed by atoms with Gasteiger partial charge in [-0.25, -0.2) is 13.4 Å². The fourth-order valence-corrected chi connectivity index (χ4v) is 4.81.